The van der Waals surface area contributed by atoms with E-state index in [0.29, 0.717) is 5.02 Å². The molecule has 0 atom stereocenters. The van der Waals surface area contributed by atoms with Crippen molar-refractivity contribution in [3.63, 3.8) is 0 Å². The molecule has 5 heteroatoms. The monoisotopic (exact) mass is 359 g/mol. The van der Waals surface area contributed by atoms with Crippen LogP contribution in [0.2, 0.25) is 5.02 Å². The van der Waals surface area contributed by atoms with E-state index < -0.39 is 0 Å². The summed E-state index contributed by atoms with van der Waals surface area (Å²) in [7, 11) is 0. The molecule has 4 nitrogen and oxygen atoms in total. The van der Waals surface area contributed by atoms with Crippen LogP contribution in [0.15, 0.2) is 24.3 Å². The van der Waals surface area contributed by atoms with Crippen molar-refractivity contribution >= 4 is 17.5 Å². The standard InChI is InChI=1S/C20H26ClN3O/c1-3-9-16-19(20(25)23-13-7-8-14-23)18(10-4-2)24(22-16)17-12-6-5-11-15(17)21/h5-6,11-12H,3-4,7-10,13-14H2,1-2H3. The Morgan fingerprint density at radius 1 is 1.12 bits per heavy atom. The molecule has 0 aliphatic carbocycles. The van der Waals surface area contributed by atoms with E-state index in [2.05, 4.69) is 13.8 Å². The summed E-state index contributed by atoms with van der Waals surface area (Å²) in [5.74, 6) is 0.141. The van der Waals surface area contributed by atoms with Crippen molar-refractivity contribution in [3.8, 4) is 5.69 Å². The second-order valence-corrected chi connectivity index (χ2v) is 7.04. The molecule has 0 spiro atoms. The first-order valence-electron chi connectivity index (χ1n) is 9.32. The Kier molecular flexibility index (Phi) is 5.79. The van der Waals surface area contributed by atoms with Gasteiger partial charge in [0.15, 0.2) is 0 Å². The second-order valence-electron chi connectivity index (χ2n) is 6.63. The molecule has 2 aromatic rings. The van der Waals surface area contributed by atoms with E-state index in [9.17, 15) is 4.79 Å². The maximum absolute atomic E-state index is 13.2. The average Bonchev–Trinajstić information content (AvgIpc) is 3.24. The number of hydrogen-bond acceptors (Lipinski definition) is 2. The molecule has 1 aromatic heterocycles. The van der Waals surface area contributed by atoms with Gasteiger partial charge in [-0.3, -0.25) is 4.79 Å². The highest BCUT2D eigenvalue weighted by molar-refractivity contribution is 6.32. The number of likely N-dealkylation sites (tertiary alicyclic amines) is 1. The number of aromatic nitrogens is 2. The zero-order chi connectivity index (χ0) is 17.8. The number of carbonyl (C=O) groups is 1. The molecule has 1 saturated heterocycles. The quantitative estimate of drug-likeness (QED) is 0.751. The van der Waals surface area contributed by atoms with Gasteiger partial charge in [0.05, 0.1) is 27.7 Å². The Morgan fingerprint density at radius 3 is 2.44 bits per heavy atom. The molecule has 1 aromatic carbocycles. The van der Waals surface area contributed by atoms with Crippen LogP contribution in [0.3, 0.4) is 0 Å². The number of nitrogens with zero attached hydrogens (tertiary/aromatic N) is 3. The normalized spacial score (nSPS) is 14.3. The predicted octanol–water partition coefficient (Wildman–Crippen LogP) is 4.67. The highest BCUT2D eigenvalue weighted by Crippen LogP contribution is 2.28. The fourth-order valence-electron chi connectivity index (χ4n) is 3.53. The number of carbonyl (C=O) groups excluding carboxylic acids is 1. The van der Waals surface area contributed by atoms with Gasteiger partial charge < -0.3 is 4.90 Å². The average molecular weight is 360 g/mol. The Morgan fingerprint density at radius 2 is 1.80 bits per heavy atom. The van der Waals surface area contributed by atoms with Crippen LogP contribution < -0.4 is 0 Å². The van der Waals surface area contributed by atoms with Gasteiger partial charge in [0.25, 0.3) is 5.91 Å². The lowest BCUT2D eigenvalue weighted by Gasteiger charge is -2.17. The molecule has 1 aliphatic rings. The molecule has 0 unspecified atom stereocenters. The zero-order valence-electron chi connectivity index (χ0n) is 15.1. The fraction of sp³-hybridized carbons (Fsp3) is 0.500. The summed E-state index contributed by atoms with van der Waals surface area (Å²) in [4.78, 5) is 15.2. The SMILES string of the molecule is CCCc1nn(-c2ccccc2Cl)c(CCC)c1C(=O)N1CCCC1. The third kappa shape index (κ3) is 3.59. The smallest absolute Gasteiger partial charge is 0.257 e. The highest BCUT2D eigenvalue weighted by atomic mass is 35.5. The van der Waals surface area contributed by atoms with E-state index in [1.54, 1.807) is 0 Å². The van der Waals surface area contributed by atoms with E-state index in [1.165, 1.54) is 0 Å². The van der Waals surface area contributed by atoms with Crippen LogP contribution >= 0.6 is 11.6 Å². The Balaban J connectivity index is 2.14. The van der Waals surface area contributed by atoms with Gasteiger partial charge in [-0.05, 0) is 37.8 Å². The number of hydrogen-bond donors (Lipinski definition) is 0. The fourth-order valence-corrected chi connectivity index (χ4v) is 3.75. The van der Waals surface area contributed by atoms with Crippen molar-refractivity contribution in [2.45, 2.75) is 52.4 Å². The maximum Gasteiger partial charge on any atom is 0.257 e. The van der Waals surface area contributed by atoms with Gasteiger partial charge in [-0.15, -0.1) is 0 Å². The van der Waals surface area contributed by atoms with Gasteiger partial charge in [-0.25, -0.2) is 4.68 Å². The molecule has 134 valence electrons. The van der Waals surface area contributed by atoms with Crippen LogP contribution in [-0.4, -0.2) is 33.7 Å². The van der Waals surface area contributed by atoms with E-state index in [1.807, 2.05) is 33.8 Å². The first kappa shape index (κ1) is 18.0. The van der Waals surface area contributed by atoms with Gasteiger partial charge in [0, 0.05) is 13.1 Å². The van der Waals surface area contributed by atoms with Gasteiger partial charge in [0.2, 0.25) is 0 Å². The van der Waals surface area contributed by atoms with E-state index in [4.69, 9.17) is 16.7 Å². The summed E-state index contributed by atoms with van der Waals surface area (Å²) >= 11 is 6.42. The Hall–Kier alpha value is -1.81. The molecule has 1 aliphatic heterocycles. The summed E-state index contributed by atoms with van der Waals surface area (Å²) in [6, 6.07) is 7.71. The summed E-state index contributed by atoms with van der Waals surface area (Å²) in [6.07, 6.45) is 5.74. The molecule has 0 N–H and O–H groups in total. The predicted molar refractivity (Wildman–Crippen MR) is 102 cm³/mol. The third-order valence-corrected chi connectivity index (χ3v) is 5.03. The molecule has 1 fully saturated rings. The van der Waals surface area contributed by atoms with E-state index in [-0.39, 0.29) is 5.91 Å². The summed E-state index contributed by atoms with van der Waals surface area (Å²) < 4.78 is 1.90. The van der Waals surface area contributed by atoms with Crippen molar-refractivity contribution in [1.29, 1.82) is 0 Å². The lowest BCUT2D eigenvalue weighted by molar-refractivity contribution is 0.0790. The van der Waals surface area contributed by atoms with Gasteiger partial charge in [0.1, 0.15) is 0 Å². The molecular formula is C20H26ClN3O. The number of halogens is 1. The number of benzene rings is 1. The molecule has 25 heavy (non-hydrogen) atoms. The van der Waals surface area contributed by atoms with Crippen molar-refractivity contribution in [1.82, 2.24) is 14.7 Å². The largest absolute Gasteiger partial charge is 0.339 e. The van der Waals surface area contributed by atoms with Crippen molar-refractivity contribution in [3.05, 3.63) is 46.2 Å². The first-order valence-corrected chi connectivity index (χ1v) is 9.70. The minimum absolute atomic E-state index is 0.141. The van der Waals surface area contributed by atoms with Crippen molar-refractivity contribution < 1.29 is 4.79 Å². The Labute approximate surface area is 154 Å². The van der Waals surface area contributed by atoms with Crippen LogP contribution in [0.25, 0.3) is 5.69 Å². The maximum atomic E-state index is 13.2. The van der Waals surface area contributed by atoms with Gasteiger partial charge >= 0.3 is 0 Å². The van der Waals surface area contributed by atoms with Crippen LogP contribution in [0.1, 0.15) is 61.3 Å². The number of rotatable bonds is 6. The topological polar surface area (TPSA) is 38.1 Å². The summed E-state index contributed by atoms with van der Waals surface area (Å²) in [5.41, 5.74) is 3.56. The molecule has 0 radical (unpaired) electrons. The number of amides is 1. The third-order valence-electron chi connectivity index (χ3n) is 4.71. The van der Waals surface area contributed by atoms with Gasteiger partial charge in [-0.1, -0.05) is 50.4 Å². The van der Waals surface area contributed by atoms with Crippen LogP contribution in [-0.2, 0) is 12.8 Å². The lowest BCUT2D eigenvalue weighted by Crippen LogP contribution is -2.29. The Bertz CT molecular complexity index is 747. The van der Waals surface area contributed by atoms with Crippen molar-refractivity contribution in [2.75, 3.05) is 13.1 Å². The molecule has 1 amide bonds. The molecular weight excluding hydrogens is 334 g/mol. The number of para-hydroxylation sites is 1. The first-order chi connectivity index (χ1) is 12.2. The molecule has 3 rings (SSSR count). The zero-order valence-corrected chi connectivity index (χ0v) is 15.9. The minimum atomic E-state index is 0.141. The molecule has 0 bridgehead atoms. The summed E-state index contributed by atoms with van der Waals surface area (Å²) in [5, 5.41) is 5.48. The van der Waals surface area contributed by atoms with Crippen LogP contribution in [0.5, 0.6) is 0 Å². The van der Waals surface area contributed by atoms with Crippen molar-refractivity contribution in [2.24, 2.45) is 0 Å². The second kappa shape index (κ2) is 8.05. The van der Waals surface area contributed by atoms with E-state index in [0.717, 1.165) is 74.3 Å². The van der Waals surface area contributed by atoms with Crippen LogP contribution in [0.4, 0.5) is 0 Å². The van der Waals surface area contributed by atoms with Crippen LogP contribution in [0, 0.1) is 0 Å². The lowest BCUT2D eigenvalue weighted by atomic mass is 10.0. The summed E-state index contributed by atoms with van der Waals surface area (Å²) in [6.45, 7) is 5.96. The minimum Gasteiger partial charge on any atom is -0.339 e. The molecule has 2 heterocycles. The van der Waals surface area contributed by atoms with Gasteiger partial charge in [-0.2, -0.15) is 5.10 Å². The number of aryl methyl sites for hydroxylation is 1. The van der Waals surface area contributed by atoms with E-state index >= 15 is 0 Å². The highest BCUT2D eigenvalue weighted by Gasteiger charge is 2.29. The molecule has 0 saturated carbocycles.